The van der Waals surface area contributed by atoms with Crippen LogP contribution in [0.25, 0.3) is 0 Å². The fourth-order valence-corrected chi connectivity index (χ4v) is 4.04. The highest BCUT2D eigenvalue weighted by Gasteiger charge is 2.35. The molecule has 0 aliphatic carbocycles. The van der Waals surface area contributed by atoms with Crippen LogP contribution in [-0.2, 0) is 4.79 Å². The molecule has 0 radical (unpaired) electrons. The van der Waals surface area contributed by atoms with Crippen LogP contribution in [0.5, 0.6) is 0 Å². The van der Waals surface area contributed by atoms with Crippen LogP contribution in [-0.4, -0.2) is 35.4 Å². The molecule has 1 aromatic carbocycles. The molecule has 0 spiro atoms. The van der Waals surface area contributed by atoms with Gasteiger partial charge in [0.15, 0.2) is 5.78 Å². The number of aliphatic imine (C=N–C) groups is 1. The van der Waals surface area contributed by atoms with Crippen LogP contribution in [0.4, 0.5) is 30.7 Å². The lowest BCUT2D eigenvalue weighted by Gasteiger charge is -2.18. The summed E-state index contributed by atoms with van der Waals surface area (Å²) in [5.74, 6) is -1.27. The number of Topliss-reactive ketones (excluding diaryl/α,β-unsaturated/α-hetero) is 1. The third-order valence-corrected chi connectivity index (χ3v) is 7.28. The number of nitrogens with zero attached hydrogens (tertiary/aromatic N) is 1. The largest absolute Gasteiger partial charge is 0.481 e. The van der Waals surface area contributed by atoms with E-state index in [0.717, 1.165) is 23.1 Å². The molecule has 1 aromatic rings. The van der Waals surface area contributed by atoms with Gasteiger partial charge in [-0.2, -0.15) is 26.3 Å². The Hall–Kier alpha value is -4.02. The van der Waals surface area contributed by atoms with Crippen molar-refractivity contribution in [1.29, 1.82) is 0 Å². The molecule has 0 fully saturated rings. The summed E-state index contributed by atoms with van der Waals surface area (Å²) in [6.45, 7) is 24.0. The van der Waals surface area contributed by atoms with Crippen molar-refractivity contribution in [3.8, 4) is 0 Å². The van der Waals surface area contributed by atoms with Crippen LogP contribution in [0.15, 0.2) is 87.6 Å². The predicted octanol–water partition coefficient (Wildman–Crippen LogP) is 14.9. The van der Waals surface area contributed by atoms with Crippen LogP contribution in [0, 0.1) is 19.7 Å². The standard InChI is InChI=1S/C23H32F3N.C11H13FO.C5H12.C3H6O2.CHF3/c1-9-14-27-19(8)21(13-12-17(6)10-2)20(11-3)22(23(24,25)26)15-18(7)16(4)5;1-4-10(13)11-8(3)5-7(2)6-9(11)12;1-3-5-4-2;1-2-3(4)5;2-1(3)4/h9,12-15H,4,10-11H2,1-3,5-8H3;5-6H,4H2,1-3H3;3-5H2,1-2H3;2H2,1H3,(H,4,5);1H/b14-9-,17-12-,18-15-,21-13+,22-20-,27-19+;;;;. The molecule has 0 unspecified atom stereocenters. The Balaban J connectivity index is -0.000000376. The van der Waals surface area contributed by atoms with Crippen molar-refractivity contribution < 1.29 is 45.4 Å². The van der Waals surface area contributed by atoms with Gasteiger partial charge in [0, 0.05) is 24.8 Å². The van der Waals surface area contributed by atoms with Gasteiger partial charge in [-0.1, -0.05) is 103 Å². The van der Waals surface area contributed by atoms with E-state index in [0.29, 0.717) is 28.9 Å². The van der Waals surface area contributed by atoms with E-state index in [-0.39, 0.29) is 29.8 Å². The second-order valence-corrected chi connectivity index (χ2v) is 12.1. The van der Waals surface area contributed by atoms with Gasteiger partial charge in [-0.25, -0.2) is 4.39 Å². The number of carboxylic acid groups (broad SMARTS) is 1. The Bertz CT molecular complexity index is 1430. The monoisotopic (exact) mass is 775 g/mol. The number of allylic oxidation sites excluding steroid dienone is 10. The van der Waals surface area contributed by atoms with Crippen molar-refractivity contribution in [2.45, 2.75) is 148 Å². The van der Waals surface area contributed by atoms with Gasteiger partial charge in [0.2, 0.25) is 0 Å². The Labute approximate surface area is 320 Å². The van der Waals surface area contributed by atoms with Crippen LogP contribution in [0.2, 0.25) is 0 Å². The number of carbonyl (C=O) groups is 2. The minimum Gasteiger partial charge on any atom is -0.481 e. The molecule has 0 aromatic heterocycles. The lowest BCUT2D eigenvalue weighted by atomic mass is 9.91. The number of hydrogen-bond acceptors (Lipinski definition) is 3. The maximum Gasteiger partial charge on any atom is 0.416 e. The van der Waals surface area contributed by atoms with Crippen LogP contribution in [0.1, 0.15) is 143 Å². The third-order valence-electron chi connectivity index (χ3n) is 7.28. The molecule has 11 heteroatoms. The molecule has 0 saturated heterocycles. The average molecular weight is 776 g/mol. The first-order valence-corrected chi connectivity index (χ1v) is 18.1. The first kappa shape index (κ1) is 56.7. The normalized spacial score (nSPS) is 12.6. The number of hydrogen-bond donors (Lipinski definition) is 1. The number of halogens is 7. The maximum atomic E-state index is 13.9. The van der Waals surface area contributed by atoms with Crippen molar-refractivity contribution in [2.75, 3.05) is 0 Å². The van der Waals surface area contributed by atoms with Gasteiger partial charge < -0.3 is 5.11 Å². The Kier molecular flexibility index (Phi) is 34.0. The molecule has 308 valence electrons. The summed E-state index contributed by atoms with van der Waals surface area (Å²) in [6.07, 6.45) is 9.39. The van der Waals surface area contributed by atoms with Crippen LogP contribution in [0.3, 0.4) is 0 Å². The molecule has 0 atom stereocenters. The maximum absolute atomic E-state index is 13.9. The first-order valence-electron chi connectivity index (χ1n) is 18.1. The van der Waals surface area contributed by atoms with E-state index in [1.54, 1.807) is 66.8 Å². The van der Waals surface area contributed by atoms with Gasteiger partial charge in [-0.15, -0.1) is 0 Å². The van der Waals surface area contributed by atoms with E-state index < -0.39 is 30.2 Å². The highest BCUT2D eigenvalue weighted by Crippen LogP contribution is 2.35. The summed E-state index contributed by atoms with van der Waals surface area (Å²) in [4.78, 5) is 25.0. The zero-order valence-corrected chi connectivity index (χ0v) is 34.6. The molecule has 0 aliphatic heterocycles. The highest BCUT2D eigenvalue weighted by molar-refractivity contribution is 6.03. The molecule has 0 amide bonds. The summed E-state index contributed by atoms with van der Waals surface area (Å²) in [6, 6.07) is 3.22. The van der Waals surface area contributed by atoms with E-state index in [1.165, 1.54) is 31.4 Å². The minimum absolute atomic E-state index is 0.130. The van der Waals surface area contributed by atoms with E-state index in [4.69, 9.17) is 5.11 Å². The zero-order valence-electron chi connectivity index (χ0n) is 34.6. The summed E-state index contributed by atoms with van der Waals surface area (Å²) in [5.41, 5.74) is 4.66. The molecule has 0 aliphatic rings. The molecule has 0 saturated carbocycles. The van der Waals surface area contributed by atoms with Gasteiger partial charge in [0.05, 0.1) is 11.1 Å². The van der Waals surface area contributed by atoms with Crippen LogP contribution < -0.4 is 0 Å². The molecule has 4 nitrogen and oxygen atoms in total. The van der Waals surface area contributed by atoms with E-state index in [2.05, 4.69) is 25.4 Å². The van der Waals surface area contributed by atoms with Gasteiger partial charge in [0.25, 0.3) is 0 Å². The van der Waals surface area contributed by atoms with Crippen molar-refractivity contribution in [3.63, 3.8) is 0 Å². The van der Waals surface area contributed by atoms with Crippen molar-refractivity contribution in [2.24, 2.45) is 4.99 Å². The molecule has 54 heavy (non-hydrogen) atoms. The predicted molar refractivity (Wildman–Crippen MR) is 213 cm³/mol. The summed E-state index contributed by atoms with van der Waals surface area (Å²) < 4.78 is 84.0. The summed E-state index contributed by atoms with van der Waals surface area (Å²) in [7, 11) is 0. The molecule has 1 rings (SSSR count). The Morgan fingerprint density at radius 2 is 1.37 bits per heavy atom. The quantitative estimate of drug-likeness (QED) is 0.0939. The number of carbonyl (C=O) groups excluding carboxylic acids is 1. The molecule has 0 bridgehead atoms. The smallest absolute Gasteiger partial charge is 0.416 e. The van der Waals surface area contributed by atoms with Crippen molar-refractivity contribution in [1.82, 2.24) is 0 Å². The number of benzene rings is 1. The molecular formula is C43H64F7NO3. The second kappa shape index (κ2) is 32.4. The SMILES string of the molecule is C=C(C)\C(C)=C/C(=C(CC)/C(=C/C=C(/C)CC)C(/C)=N/C=C\C)C(F)(F)F.CCC(=O)O.CCC(=O)c1c(C)cc(C)cc1F.CCCCC.FC(F)F. The number of carboxylic acids is 1. The number of unbranched alkanes of at least 4 members (excludes halogenated alkanes) is 2. The van der Waals surface area contributed by atoms with Crippen molar-refractivity contribution >= 4 is 17.5 Å². The number of rotatable bonds is 13. The van der Waals surface area contributed by atoms with Gasteiger partial charge in [-0.3, -0.25) is 14.6 Å². The molecule has 0 heterocycles. The fraction of sp³-hybridized carbons (Fsp3) is 0.512. The van der Waals surface area contributed by atoms with E-state index >= 15 is 0 Å². The number of aryl methyl sites for hydroxylation is 2. The minimum atomic E-state index is -4.47. The number of ketones is 1. The average Bonchev–Trinajstić information content (AvgIpc) is 3.07. The number of alkyl halides is 6. The lowest BCUT2D eigenvalue weighted by molar-refractivity contribution is -0.136. The summed E-state index contributed by atoms with van der Waals surface area (Å²) in [5, 5.41) is 7.72. The zero-order chi connectivity index (χ0) is 43.2. The molecule has 1 N–H and O–H groups in total. The van der Waals surface area contributed by atoms with E-state index in [9.17, 15) is 40.3 Å². The van der Waals surface area contributed by atoms with Gasteiger partial charge in [0.1, 0.15) is 5.82 Å². The number of aliphatic carboxylic acids is 1. The van der Waals surface area contributed by atoms with Crippen LogP contribution >= 0.6 is 0 Å². The lowest BCUT2D eigenvalue weighted by Crippen LogP contribution is -2.16. The van der Waals surface area contributed by atoms with Gasteiger partial charge in [-0.05, 0) is 101 Å². The van der Waals surface area contributed by atoms with Gasteiger partial charge >= 0.3 is 18.8 Å². The fourth-order valence-electron chi connectivity index (χ4n) is 4.04. The van der Waals surface area contributed by atoms with Crippen molar-refractivity contribution in [3.05, 3.63) is 105 Å². The Morgan fingerprint density at radius 3 is 1.69 bits per heavy atom. The topological polar surface area (TPSA) is 66.7 Å². The third kappa shape index (κ3) is 28.5. The first-order chi connectivity index (χ1) is 25.0. The molecular weight excluding hydrogens is 711 g/mol. The van der Waals surface area contributed by atoms with E-state index in [1.807, 2.05) is 39.8 Å². The highest BCUT2D eigenvalue weighted by atomic mass is 19.4. The Morgan fingerprint density at radius 1 is 0.870 bits per heavy atom. The second-order valence-electron chi connectivity index (χ2n) is 12.1. The summed E-state index contributed by atoms with van der Waals surface area (Å²) >= 11 is 0.